The second-order valence-electron chi connectivity index (χ2n) is 6.40. The maximum absolute atomic E-state index is 13.0. The van der Waals surface area contributed by atoms with Crippen molar-refractivity contribution < 1.29 is 14.3 Å². The number of nitrogens with one attached hydrogen (secondary N) is 1. The van der Waals surface area contributed by atoms with Gasteiger partial charge in [0.15, 0.2) is 22.8 Å². The highest BCUT2D eigenvalue weighted by molar-refractivity contribution is 9.10. The van der Waals surface area contributed by atoms with E-state index in [0.717, 1.165) is 20.6 Å². The van der Waals surface area contributed by atoms with Crippen LogP contribution in [-0.2, 0) is 4.79 Å². The number of ether oxygens (including phenoxy) is 2. The number of amidine groups is 1. The fourth-order valence-corrected chi connectivity index (χ4v) is 4.41. The lowest BCUT2D eigenvalue weighted by molar-refractivity contribution is -0.116. The number of fused-ring (bicyclic) bond motifs is 2. The molecular weight excluding hydrogens is 468 g/mol. The van der Waals surface area contributed by atoms with E-state index < -0.39 is 6.17 Å². The van der Waals surface area contributed by atoms with Crippen molar-refractivity contribution in [3.63, 3.8) is 0 Å². The number of carbonyl (C=O) groups is 1. The summed E-state index contributed by atoms with van der Waals surface area (Å²) in [5.74, 6) is 1.56. The first-order valence-electron chi connectivity index (χ1n) is 9.09. The van der Waals surface area contributed by atoms with E-state index >= 15 is 0 Å². The van der Waals surface area contributed by atoms with E-state index in [0.29, 0.717) is 28.1 Å². The van der Waals surface area contributed by atoms with Crippen LogP contribution in [0, 0.1) is 0 Å². The lowest BCUT2D eigenvalue weighted by Crippen LogP contribution is -2.50. The van der Waals surface area contributed by atoms with E-state index in [9.17, 15) is 4.79 Å². The first-order valence-corrected chi connectivity index (χ1v) is 10.9. The van der Waals surface area contributed by atoms with Crippen LogP contribution in [0.4, 0.5) is 0 Å². The van der Waals surface area contributed by atoms with Gasteiger partial charge in [-0.25, -0.2) is 5.01 Å². The predicted octanol–water partition coefficient (Wildman–Crippen LogP) is 2.53. The van der Waals surface area contributed by atoms with Gasteiger partial charge in [-0.1, -0.05) is 52.0 Å². The van der Waals surface area contributed by atoms with Gasteiger partial charge in [-0.3, -0.25) is 15.1 Å². The number of methoxy groups -OCH3 is 2. The number of carbonyl (C=O) groups excluding carboxylic acids is 1. The molecule has 30 heavy (non-hydrogen) atoms. The van der Waals surface area contributed by atoms with Crippen LogP contribution in [0.1, 0.15) is 11.7 Å². The third-order valence-electron chi connectivity index (χ3n) is 4.63. The molecule has 7 nitrogen and oxygen atoms in total. The molecule has 0 aromatic heterocycles. The number of halogens is 1. The van der Waals surface area contributed by atoms with E-state index in [1.807, 2.05) is 36.4 Å². The van der Waals surface area contributed by atoms with E-state index in [1.165, 1.54) is 11.8 Å². The van der Waals surface area contributed by atoms with Crippen molar-refractivity contribution in [3.05, 3.63) is 69.7 Å². The lowest BCUT2D eigenvalue weighted by Gasteiger charge is -2.34. The van der Waals surface area contributed by atoms with Gasteiger partial charge in [-0.05, 0) is 18.2 Å². The molecule has 0 radical (unpaired) electrons. The minimum Gasteiger partial charge on any atom is -0.493 e. The summed E-state index contributed by atoms with van der Waals surface area (Å²) in [6.07, 6.45) is 1.20. The van der Waals surface area contributed by atoms with Crippen LogP contribution in [0.5, 0.6) is 11.5 Å². The highest BCUT2D eigenvalue weighted by Gasteiger charge is 2.35. The normalized spacial score (nSPS) is 17.2. The van der Waals surface area contributed by atoms with Gasteiger partial charge in [0, 0.05) is 21.0 Å². The van der Waals surface area contributed by atoms with E-state index in [4.69, 9.17) is 19.6 Å². The summed E-state index contributed by atoms with van der Waals surface area (Å²) in [4.78, 5) is 17.9. The summed E-state index contributed by atoms with van der Waals surface area (Å²) in [6.45, 7) is 3.73. The van der Waals surface area contributed by atoms with Gasteiger partial charge in [0.05, 0.1) is 19.6 Å². The Balaban J connectivity index is 1.93. The molecule has 9 heteroatoms. The van der Waals surface area contributed by atoms with Crippen molar-refractivity contribution in [2.24, 2.45) is 10.1 Å². The molecular formula is C21H19BrN4O3S. The van der Waals surface area contributed by atoms with Gasteiger partial charge in [-0.15, -0.1) is 11.7 Å². The average molecular weight is 487 g/mol. The zero-order valence-corrected chi connectivity index (χ0v) is 18.8. The van der Waals surface area contributed by atoms with Crippen LogP contribution >= 0.6 is 27.7 Å². The van der Waals surface area contributed by atoms with Gasteiger partial charge in [0.2, 0.25) is 0 Å². The zero-order chi connectivity index (χ0) is 21.3. The Morgan fingerprint density at radius 2 is 2.00 bits per heavy atom. The Morgan fingerprint density at radius 3 is 2.73 bits per heavy atom. The Morgan fingerprint density at radius 1 is 1.27 bits per heavy atom. The summed E-state index contributed by atoms with van der Waals surface area (Å²) < 4.78 is 11.6. The number of nitrogens with zero attached hydrogens (tertiary/aromatic N) is 3. The molecule has 1 N–H and O–H groups in total. The van der Waals surface area contributed by atoms with Crippen molar-refractivity contribution >= 4 is 44.5 Å². The third kappa shape index (κ3) is 3.59. The van der Waals surface area contributed by atoms with E-state index in [2.05, 4.69) is 27.8 Å². The topological polar surface area (TPSA) is 75.5 Å². The highest BCUT2D eigenvalue weighted by atomic mass is 79.9. The highest BCUT2D eigenvalue weighted by Crippen LogP contribution is 2.40. The fourth-order valence-electron chi connectivity index (χ4n) is 3.30. The smallest absolute Gasteiger partial charge is 0.276 e. The Bertz CT molecular complexity index is 1180. The lowest BCUT2D eigenvalue weighted by atomic mass is 10.1. The fraction of sp³-hybridized carbons (Fsp3) is 0.190. The molecule has 2 aromatic carbocycles. The van der Waals surface area contributed by atoms with Crippen molar-refractivity contribution in [2.75, 3.05) is 20.0 Å². The number of para-hydroxylation sites is 1. The molecule has 154 valence electrons. The van der Waals surface area contributed by atoms with Crippen LogP contribution in [-0.4, -0.2) is 36.1 Å². The summed E-state index contributed by atoms with van der Waals surface area (Å²) in [5.41, 5.74) is 1.25. The van der Waals surface area contributed by atoms with Crippen LogP contribution in [0.3, 0.4) is 0 Å². The summed E-state index contributed by atoms with van der Waals surface area (Å²) in [6, 6.07) is 11.2. The molecule has 0 fully saturated rings. The van der Waals surface area contributed by atoms with Crippen molar-refractivity contribution in [2.45, 2.75) is 6.17 Å². The molecule has 1 amide bonds. The molecule has 0 bridgehead atoms. The SMILES string of the molecule is C=CCSC1=NN2C(=c3ccccc3=N[C@H]2c2cc(OC)c(OC)cc2Br)C(=O)N1. The van der Waals surface area contributed by atoms with E-state index in [-0.39, 0.29) is 5.91 Å². The van der Waals surface area contributed by atoms with Crippen LogP contribution in [0.15, 0.2) is 63.6 Å². The molecule has 0 spiro atoms. The Labute approximate surface area is 186 Å². The monoisotopic (exact) mass is 486 g/mol. The first-order chi connectivity index (χ1) is 14.6. The van der Waals surface area contributed by atoms with Crippen LogP contribution in [0.25, 0.3) is 5.70 Å². The van der Waals surface area contributed by atoms with Gasteiger partial charge in [-0.2, -0.15) is 0 Å². The Kier molecular flexibility index (Phi) is 5.83. The molecule has 0 saturated carbocycles. The number of benzene rings is 2. The number of rotatable bonds is 5. The second-order valence-corrected chi connectivity index (χ2v) is 8.26. The quantitative estimate of drug-likeness (QED) is 0.657. The third-order valence-corrected chi connectivity index (χ3v) is 6.18. The minimum absolute atomic E-state index is 0.222. The molecule has 0 aliphatic carbocycles. The Hall–Kier alpha value is -2.78. The largest absolute Gasteiger partial charge is 0.493 e. The second kappa shape index (κ2) is 8.53. The van der Waals surface area contributed by atoms with Gasteiger partial charge < -0.3 is 9.47 Å². The minimum atomic E-state index is -0.561. The summed E-state index contributed by atoms with van der Waals surface area (Å²) in [7, 11) is 3.16. The maximum atomic E-state index is 13.0. The predicted molar refractivity (Wildman–Crippen MR) is 121 cm³/mol. The molecule has 4 rings (SSSR count). The zero-order valence-electron chi connectivity index (χ0n) is 16.4. The molecule has 0 unspecified atom stereocenters. The molecule has 1 atom stereocenters. The molecule has 2 aliphatic heterocycles. The van der Waals surface area contributed by atoms with Gasteiger partial charge in [0.25, 0.3) is 5.91 Å². The van der Waals surface area contributed by atoms with Crippen LogP contribution < -0.4 is 25.4 Å². The molecule has 0 saturated heterocycles. The maximum Gasteiger partial charge on any atom is 0.276 e. The molecule has 2 aromatic rings. The molecule has 2 aliphatic rings. The van der Waals surface area contributed by atoms with E-state index in [1.54, 1.807) is 25.3 Å². The summed E-state index contributed by atoms with van der Waals surface area (Å²) in [5, 5.41) is 11.2. The summed E-state index contributed by atoms with van der Waals surface area (Å²) >= 11 is 5.02. The van der Waals surface area contributed by atoms with Gasteiger partial charge >= 0.3 is 0 Å². The number of hydrogen-bond donors (Lipinski definition) is 1. The molecule has 2 heterocycles. The van der Waals surface area contributed by atoms with Crippen molar-refractivity contribution in [1.29, 1.82) is 0 Å². The number of hydrogen-bond acceptors (Lipinski definition) is 7. The van der Waals surface area contributed by atoms with Crippen molar-refractivity contribution in [3.8, 4) is 11.5 Å². The number of amides is 1. The van der Waals surface area contributed by atoms with Gasteiger partial charge in [0.1, 0.15) is 5.70 Å². The van der Waals surface area contributed by atoms with Crippen molar-refractivity contribution in [1.82, 2.24) is 10.3 Å². The number of thioether (sulfide) groups is 1. The van der Waals surface area contributed by atoms with Crippen LogP contribution in [0.2, 0.25) is 0 Å². The average Bonchev–Trinajstić information content (AvgIpc) is 2.76. The number of hydrazone groups is 1. The first kappa shape index (κ1) is 20.5. The standard InChI is InChI=1S/C21H19BrN4O3S/c1-4-9-30-21-24-20(27)18-12-7-5-6-8-15(12)23-19(26(18)25-21)13-10-16(28-2)17(29-3)11-14(13)22/h4-8,10-11,19H,1,9H2,2-3H3,(H,24,25,27)/t19-/m1/s1.